The predicted molar refractivity (Wildman–Crippen MR) is 35.0 cm³/mol. The Morgan fingerprint density at radius 3 is 0.714 bits per heavy atom. The molecule has 7 heavy (non-hydrogen) atoms. The van der Waals surface area contributed by atoms with Crippen molar-refractivity contribution < 1.29 is 0 Å². The maximum absolute atomic E-state index is 2.00. The summed E-state index contributed by atoms with van der Waals surface area (Å²) in [5.41, 5.74) is 0. The molecule has 1 heteroatoms. The molecule has 0 aliphatic heterocycles. The molecule has 0 aliphatic rings. The van der Waals surface area contributed by atoms with Gasteiger partial charge < -0.3 is 0 Å². The van der Waals surface area contributed by atoms with Gasteiger partial charge in [-0.3, -0.25) is 0 Å². The van der Waals surface area contributed by atoms with E-state index in [1.807, 2.05) is 36.4 Å². The molecule has 1 rings (SSSR count). The molecule has 0 nitrogen and oxygen atoms in total. The van der Waals surface area contributed by atoms with E-state index >= 15 is 0 Å². The van der Waals surface area contributed by atoms with Crippen LogP contribution in [-0.2, 0) is 0 Å². The number of rotatable bonds is 0. The molecule has 1 aromatic carbocycles. The monoisotopic (exact) mass is 210 g/mol. The van der Waals surface area contributed by atoms with E-state index < -0.39 is 0 Å². The van der Waals surface area contributed by atoms with Crippen molar-refractivity contribution in [2.75, 3.05) is 0 Å². The van der Waals surface area contributed by atoms with Crippen molar-refractivity contribution in [3.63, 3.8) is 0 Å². The van der Waals surface area contributed by atoms with Crippen LogP contribution >= 0.6 is 0 Å². The van der Waals surface area contributed by atoms with E-state index in [1.165, 1.54) is 0 Å². The van der Waals surface area contributed by atoms with Crippen molar-refractivity contribution in [2.45, 2.75) is 0 Å². The summed E-state index contributed by atoms with van der Waals surface area (Å²) in [7, 11) is 0. The molecule has 0 N–H and O–H groups in total. The van der Waals surface area contributed by atoms with E-state index in [9.17, 15) is 0 Å². The summed E-state index contributed by atoms with van der Waals surface area (Å²) in [5.74, 6) is 0. The average molecular weight is 208 g/mol. The van der Waals surface area contributed by atoms with Crippen LogP contribution in [0.3, 0.4) is 0 Å². The van der Waals surface area contributed by atoms with E-state index in [-0.39, 0.29) is 23.7 Å². The van der Waals surface area contributed by atoms with Gasteiger partial charge in [-0.25, -0.2) is 0 Å². The molecule has 0 atom stereocenters. The Labute approximate surface area is 60.3 Å². The largest absolute Gasteiger partial charge is 0.0623 e. The summed E-state index contributed by atoms with van der Waals surface area (Å²) in [6, 6.07) is 12.0. The van der Waals surface area contributed by atoms with Gasteiger partial charge in [0.25, 0.3) is 0 Å². The third kappa shape index (κ3) is 2.68. The number of hydrogen-bond donors (Lipinski definition) is 0. The summed E-state index contributed by atoms with van der Waals surface area (Å²) >= 11 is 0. The Hall–Kier alpha value is 0.00961. The topological polar surface area (TPSA) is 0 Å². The standard InChI is InChI=1S/C6H6.H2Te/c1-2-4-6-5-3-1;/h1-6H;1H2. The van der Waals surface area contributed by atoms with Crippen LogP contribution in [0.15, 0.2) is 36.4 Å². The van der Waals surface area contributed by atoms with Gasteiger partial charge in [0, 0.05) is 0 Å². The van der Waals surface area contributed by atoms with Crippen molar-refractivity contribution in [3.8, 4) is 0 Å². The Kier molecular flexibility index (Phi) is 4.18. The van der Waals surface area contributed by atoms with Crippen LogP contribution in [0, 0.1) is 0 Å². The van der Waals surface area contributed by atoms with E-state index in [4.69, 9.17) is 0 Å². The minimum absolute atomic E-state index is 0. The zero-order valence-electron chi connectivity index (χ0n) is 3.96. The molecule has 1 aromatic rings. The Balaban J connectivity index is 0.000000360. The van der Waals surface area contributed by atoms with Crippen LogP contribution in [0.1, 0.15) is 0 Å². The molecule has 38 valence electrons. The molecule has 0 heterocycles. The van der Waals surface area contributed by atoms with E-state index in [0.717, 1.165) is 0 Å². The predicted octanol–water partition coefficient (Wildman–Crippen LogP) is 0.770. The summed E-state index contributed by atoms with van der Waals surface area (Å²) in [6.45, 7) is 0. The molecule has 0 radical (unpaired) electrons. The van der Waals surface area contributed by atoms with Crippen molar-refractivity contribution in [1.29, 1.82) is 0 Å². The van der Waals surface area contributed by atoms with Gasteiger partial charge >= 0.3 is 23.7 Å². The van der Waals surface area contributed by atoms with Crippen LogP contribution in [-0.4, -0.2) is 23.7 Å². The second kappa shape index (κ2) is 4.18. The van der Waals surface area contributed by atoms with Crippen LogP contribution in [0.4, 0.5) is 0 Å². The Morgan fingerprint density at radius 1 is 0.429 bits per heavy atom. The van der Waals surface area contributed by atoms with Gasteiger partial charge in [0.15, 0.2) is 0 Å². The van der Waals surface area contributed by atoms with Gasteiger partial charge in [0.2, 0.25) is 0 Å². The van der Waals surface area contributed by atoms with Crippen LogP contribution in [0.5, 0.6) is 0 Å². The molecular weight excluding hydrogens is 200 g/mol. The van der Waals surface area contributed by atoms with Gasteiger partial charge in [-0.1, -0.05) is 36.4 Å². The van der Waals surface area contributed by atoms with Gasteiger partial charge in [-0.2, -0.15) is 0 Å². The van der Waals surface area contributed by atoms with Crippen molar-refractivity contribution in [3.05, 3.63) is 36.4 Å². The molecule has 0 spiro atoms. The van der Waals surface area contributed by atoms with Crippen LogP contribution in [0.25, 0.3) is 0 Å². The third-order valence-corrected chi connectivity index (χ3v) is 0.667. The zero-order chi connectivity index (χ0) is 4.24. The first-order valence-electron chi connectivity index (χ1n) is 2.00. The molecule has 0 bridgehead atoms. The quantitative estimate of drug-likeness (QED) is 0.552. The van der Waals surface area contributed by atoms with Crippen LogP contribution in [0.2, 0.25) is 0 Å². The second-order valence-electron chi connectivity index (χ2n) is 1.15. The van der Waals surface area contributed by atoms with Gasteiger partial charge in [-0.15, -0.1) is 0 Å². The Morgan fingerprint density at radius 2 is 0.571 bits per heavy atom. The van der Waals surface area contributed by atoms with E-state index in [0.29, 0.717) is 0 Å². The molecule has 0 saturated heterocycles. The fourth-order valence-electron chi connectivity index (χ4n) is 0.385. The molecule has 0 amide bonds. The maximum Gasteiger partial charge on any atom is -0.0623 e. The van der Waals surface area contributed by atoms with Crippen LogP contribution < -0.4 is 0 Å². The van der Waals surface area contributed by atoms with Gasteiger partial charge in [-0.05, 0) is 0 Å². The summed E-state index contributed by atoms with van der Waals surface area (Å²) < 4.78 is 0. The fraction of sp³-hybridized carbons (Fsp3) is 0. The minimum atomic E-state index is 0. The maximum atomic E-state index is 2.00. The van der Waals surface area contributed by atoms with Gasteiger partial charge in [0.05, 0.1) is 0 Å². The van der Waals surface area contributed by atoms with Gasteiger partial charge in [0.1, 0.15) is 0 Å². The fourth-order valence-corrected chi connectivity index (χ4v) is 0.385. The first-order chi connectivity index (χ1) is 3.00. The molecule has 0 aromatic heterocycles. The molecule has 0 saturated carbocycles. The first-order valence-corrected chi connectivity index (χ1v) is 2.00. The second-order valence-corrected chi connectivity index (χ2v) is 1.15. The minimum Gasteiger partial charge on any atom is -0.0623 e. The molecular formula is C6H8Te. The normalized spacial score (nSPS) is 6.86. The first kappa shape index (κ1) is 7.01. The number of benzene rings is 1. The summed E-state index contributed by atoms with van der Waals surface area (Å²) in [6.07, 6.45) is 0. The average Bonchev–Trinajstić information content (AvgIpc) is 1.72. The smallest absolute Gasteiger partial charge is 0.0623 e. The Bertz CT molecular complexity index is 76.1. The van der Waals surface area contributed by atoms with Crippen molar-refractivity contribution in [2.24, 2.45) is 0 Å². The zero-order valence-corrected chi connectivity index (χ0v) is 6.82. The third-order valence-electron chi connectivity index (χ3n) is 0.667. The molecule has 0 fully saturated rings. The van der Waals surface area contributed by atoms with E-state index in [1.54, 1.807) is 0 Å². The molecule has 0 unspecified atom stereocenters. The summed E-state index contributed by atoms with van der Waals surface area (Å²) in [4.78, 5) is 0. The number of hydrogen-bond acceptors (Lipinski definition) is 0. The molecule has 0 aliphatic carbocycles. The van der Waals surface area contributed by atoms with Crippen molar-refractivity contribution >= 4 is 23.7 Å². The summed E-state index contributed by atoms with van der Waals surface area (Å²) in [5, 5.41) is 0. The van der Waals surface area contributed by atoms with Crippen molar-refractivity contribution in [1.82, 2.24) is 0 Å². The SMILES string of the molecule is [TeH2].c1ccccc1. The van der Waals surface area contributed by atoms with E-state index in [2.05, 4.69) is 0 Å².